The zero-order valence-corrected chi connectivity index (χ0v) is 11.3. The van der Waals surface area contributed by atoms with E-state index in [0.29, 0.717) is 5.69 Å². The van der Waals surface area contributed by atoms with Crippen LogP contribution >= 0.6 is 0 Å². The lowest BCUT2D eigenvalue weighted by atomic mass is 10.1. The number of aromatic nitrogens is 2. The lowest BCUT2D eigenvalue weighted by Crippen LogP contribution is -2.32. The molecule has 0 fully saturated rings. The topological polar surface area (TPSA) is 53.0 Å². The third-order valence-corrected chi connectivity index (χ3v) is 2.97. The molecule has 0 radical (unpaired) electrons. The molecule has 18 heavy (non-hydrogen) atoms. The van der Waals surface area contributed by atoms with Gasteiger partial charge in [-0.1, -0.05) is 18.2 Å². The van der Waals surface area contributed by atoms with Crippen molar-refractivity contribution in [1.29, 1.82) is 0 Å². The first kappa shape index (κ1) is 12.5. The minimum atomic E-state index is -0.212. The summed E-state index contributed by atoms with van der Waals surface area (Å²) in [7, 11) is 0. The maximum Gasteiger partial charge on any atom is 0.294 e. The van der Waals surface area contributed by atoms with Gasteiger partial charge in [-0.3, -0.25) is 9.48 Å². The Morgan fingerprint density at radius 1 is 1.11 bits per heavy atom. The maximum absolute atomic E-state index is 12.3. The van der Waals surface area contributed by atoms with Crippen LogP contribution in [0.5, 0.6) is 0 Å². The summed E-state index contributed by atoms with van der Waals surface area (Å²) in [6.45, 7) is 8.04. The van der Waals surface area contributed by atoms with E-state index in [4.69, 9.17) is 5.73 Å². The van der Waals surface area contributed by atoms with Crippen molar-refractivity contribution in [2.75, 3.05) is 5.73 Å². The fourth-order valence-electron chi connectivity index (χ4n) is 2.23. The highest BCUT2D eigenvalue weighted by Gasteiger charge is 2.24. The average Bonchev–Trinajstić information content (AvgIpc) is 2.54. The summed E-state index contributed by atoms with van der Waals surface area (Å²) in [6, 6.07) is 9.56. The van der Waals surface area contributed by atoms with E-state index in [1.165, 1.54) is 0 Å². The van der Waals surface area contributed by atoms with Gasteiger partial charge in [-0.15, -0.1) is 0 Å². The van der Waals surface area contributed by atoms with Crippen molar-refractivity contribution >= 4 is 5.69 Å². The van der Waals surface area contributed by atoms with Crippen LogP contribution in [0.25, 0.3) is 5.69 Å². The lowest BCUT2D eigenvalue weighted by molar-refractivity contribution is 0.319. The van der Waals surface area contributed by atoms with Gasteiger partial charge in [0.2, 0.25) is 0 Å². The van der Waals surface area contributed by atoms with E-state index in [1.54, 1.807) is 4.68 Å². The fraction of sp³-hybridized carbons (Fsp3) is 0.357. The van der Waals surface area contributed by atoms with Crippen LogP contribution in [0.2, 0.25) is 0 Å². The van der Waals surface area contributed by atoms with Gasteiger partial charge >= 0.3 is 0 Å². The molecular formula is C14H19N3O. The zero-order chi connectivity index (χ0) is 13.5. The molecule has 2 N–H and O–H groups in total. The average molecular weight is 245 g/mol. The summed E-state index contributed by atoms with van der Waals surface area (Å²) in [5.74, 6) is 0. The highest BCUT2D eigenvalue weighted by molar-refractivity contribution is 5.45. The molecule has 0 saturated carbocycles. The van der Waals surface area contributed by atoms with Crippen molar-refractivity contribution < 1.29 is 0 Å². The molecule has 96 valence electrons. The SMILES string of the molecule is Cc1c(N)c(=O)n(-c2ccccc2)n1C(C)(C)C. The van der Waals surface area contributed by atoms with Crippen molar-refractivity contribution in [2.24, 2.45) is 0 Å². The first-order valence-electron chi connectivity index (χ1n) is 6.00. The van der Waals surface area contributed by atoms with Crippen LogP contribution in [0.3, 0.4) is 0 Å². The Morgan fingerprint density at radius 3 is 2.17 bits per heavy atom. The number of benzene rings is 1. The van der Waals surface area contributed by atoms with Crippen LogP contribution in [0, 0.1) is 6.92 Å². The second kappa shape index (κ2) is 4.05. The monoisotopic (exact) mass is 245 g/mol. The molecular weight excluding hydrogens is 226 g/mol. The second-order valence-corrected chi connectivity index (χ2v) is 5.43. The fourth-order valence-corrected chi connectivity index (χ4v) is 2.23. The predicted molar refractivity (Wildman–Crippen MR) is 74.2 cm³/mol. The van der Waals surface area contributed by atoms with Crippen LogP contribution in [-0.2, 0) is 5.54 Å². The zero-order valence-electron chi connectivity index (χ0n) is 11.3. The molecule has 1 heterocycles. The highest BCUT2D eigenvalue weighted by atomic mass is 16.1. The van der Waals surface area contributed by atoms with E-state index in [2.05, 4.69) is 20.8 Å². The van der Waals surface area contributed by atoms with Gasteiger partial charge in [0.05, 0.1) is 16.9 Å². The molecule has 0 atom stereocenters. The Hall–Kier alpha value is -1.97. The number of para-hydroxylation sites is 1. The van der Waals surface area contributed by atoms with Crippen molar-refractivity contribution in [2.45, 2.75) is 33.2 Å². The van der Waals surface area contributed by atoms with E-state index in [-0.39, 0.29) is 11.1 Å². The van der Waals surface area contributed by atoms with Gasteiger partial charge in [0.1, 0.15) is 5.69 Å². The smallest absolute Gasteiger partial charge is 0.294 e. The van der Waals surface area contributed by atoms with Gasteiger partial charge in [-0.05, 0) is 39.8 Å². The molecule has 0 aliphatic rings. The van der Waals surface area contributed by atoms with E-state index in [0.717, 1.165) is 11.4 Å². The van der Waals surface area contributed by atoms with Crippen molar-refractivity contribution in [1.82, 2.24) is 9.36 Å². The van der Waals surface area contributed by atoms with Crippen LogP contribution in [0.4, 0.5) is 5.69 Å². The Balaban J connectivity index is 2.83. The first-order chi connectivity index (χ1) is 8.34. The summed E-state index contributed by atoms with van der Waals surface area (Å²) in [6.07, 6.45) is 0. The van der Waals surface area contributed by atoms with Gasteiger partial charge in [0.15, 0.2) is 0 Å². The number of anilines is 1. The molecule has 0 spiro atoms. The van der Waals surface area contributed by atoms with Crippen LogP contribution in [-0.4, -0.2) is 9.36 Å². The van der Waals surface area contributed by atoms with Gasteiger partial charge < -0.3 is 5.73 Å². The van der Waals surface area contributed by atoms with E-state index >= 15 is 0 Å². The number of hydrogen-bond acceptors (Lipinski definition) is 2. The highest BCUT2D eigenvalue weighted by Crippen LogP contribution is 2.21. The minimum Gasteiger partial charge on any atom is -0.393 e. The summed E-state index contributed by atoms with van der Waals surface area (Å²) < 4.78 is 3.59. The van der Waals surface area contributed by atoms with Gasteiger partial charge in [0, 0.05) is 0 Å². The Kier molecular flexibility index (Phi) is 2.81. The van der Waals surface area contributed by atoms with Gasteiger partial charge in [0.25, 0.3) is 5.56 Å². The number of rotatable bonds is 1. The van der Waals surface area contributed by atoms with Crippen molar-refractivity contribution in [3.63, 3.8) is 0 Å². The number of nitrogen functional groups attached to an aromatic ring is 1. The molecule has 1 aromatic carbocycles. The van der Waals surface area contributed by atoms with E-state index < -0.39 is 0 Å². The molecule has 4 heteroatoms. The maximum atomic E-state index is 12.3. The summed E-state index contributed by atoms with van der Waals surface area (Å²) in [5, 5.41) is 0. The van der Waals surface area contributed by atoms with Gasteiger partial charge in [-0.2, -0.15) is 0 Å². The molecule has 0 unspecified atom stereocenters. The summed E-state index contributed by atoms with van der Waals surface area (Å²) >= 11 is 0. The molecule has 0 aliphatic carbocycles. The van der Waals surface area contributed by atoms with E-state index in [1.807, 2.05) is 41.9 Å². The lowest BCUT2D eigenvalue weighted by Gasteiger charge is -2.26. The largest absolute Gasteiger partial charge is 0.393 e. The Morgan fingerprint density at radius 2 is 1.67 bits per heavy atom. The molecule has 4 nitrogen and oxygen atoms in total. The van der Waals surface area contributed by atoms with Crippen LogP contribution < -0.4 is 11.3 Å². The van der Waals surface area contributed by atoms with Crippen molar-refractivity contribution in [3.05, 3.63) is 46.4 Å². The van der Waals surface area contributed by atoms with Crippen LogP contribution in [0.1, 0.15) is 26.5 Å². The minimum absolute atomic E-state index is 0.159. The molecule has 1 aromatic heterocycles. The Labute approximate surface area is 107 Å². The third-order valence-electron chi connectivity index (χ3n) is 2.97. The molecule has 0 amide bonds. The normalized spacial score (nSPS) is 11.8. The number of nitrogens with zero attached hydrogens (tertiary/aromatic N) is 2. The summed E-state index contributed by atoms with van der Waals surface area (Å²) in [5.41, 5.74) is 7.46. The second-order valence-electron chi connectivity index (χ2n) is 5.43. The van der Waals surface area contributed by atoms with Gasteiger partial charge in [-0.25, -0.2) is 4.68 Å². The van der Waals surface area contributed by atoms with Crippen molar-refractivity contribution in [3.8, 4) is 5.69 Å². The first-order valence-corrected chi connectivity index (χ1v) is 6.00. The van der Waals surface area contributed by atoms with E-state index in [9.17, 15) is 4.79 Å². The molecule has 2 rings (SSSR count). The quantitative estimate of drug-likeness (QED) is 0.838. The molecule has 0 bridgehead atoms. The third kappa shape index (κ3) is 1.83. The van der Waals surface area contributed by atoms with Crippen LogP contribution in [0.15, 0.2) is 35.1 Å². The molecule has 2 aromatic rings. The summed E-state index contributed by atoms with van der Waals surface area (Å²) in [4.78, 5) is 12.3. The molecule has 0 aliphatic heterocycles. The standard InChI is InChI=1S/C14H19N3O/c1-10-12(15)13(18)16(17(10)14(2,3)4)11-8-6-5-7-9-11/h5-9H,15H2,1-4H3. The number of hydrogen-bond donors (Lipinski definition) is 1. The predicted octanol–water partition coefficient (Wildman–Crippen LogP) is 2.28. The molecule has 0 saturated heterocycles. The Bertz CT molecular complexity index is 615. The number of nitrogens with two attached hydrogens (primary N) is 1.